The number of aryl methyl sites for hydroxylation is 2. The van der Waals surface area contributed by atoms with Gasteiger partial charge in [0, 0.05) is 42.0 Å². The number of carbonyl (C=O) groups is 2. The third-order valence-corrected chi connectivity index (χ3v) is 4.41. The lowest BCUT2D eigenvalue weighted by molar-refractivity contribution is -0.117. The van der Waals surface area contributed by atoms with E-state index in [1.807, 2.05) is 26.0 Å². The number of hydrogen-bond donors (Lipinski definition) is 2. The Balaban J connectivity index is 1.74. The first-order valence-corrected chi connectivity index (χ1v) is 8.34. The van der Waals surface area contributed by atoms with Crippen LogP contribution in [-0.4, -0.2) is 23.3 Å². The van der Waals surface area contributed by atoms with Gasteiger partial charge in [-0.15, -0.1) is 0 Å². The molecule has 0 unspecified atom stereocenters. The predicted octanol–water partition coefficient (Wildman–Crippen LogP) is 2.05. The van der Waals surface area contributed by atoms with Gasteiger partial charge in [0.05, 0.1) is 0 Å². The lowest BCUT2D eigenvalue weighted by atomic mass is 10.1. The van der Waals surface area contributed by atoms with Gasteiger partial charge >= 0.3 is 0 Å². The van der Waals surface area contributed by atoms with Crippen molar-refractivity contribution in [2.45, 2.75) is 33.2 Å². The number of carbonyl (C=O) groups excluding carboxylic acids is 2. The van der Waals surface area contributed by atoms with E-state index in [-0.39, 0.29) is 23.9 Å². The largest absolute Gasteiger partial charge is 0.348 e. The van der Waals surface area contributed by atoms with Crippen LogP contribution in [0.5, 0.6) is 0 Å². The standard InChI is InChI=1S/C19H21N3O3/c1-12-9-13(2)21-19(25)16(12)11-20-18(24)14-5-3-6-15(10-14)22-8-4-7-17(22)23/h3,5-6,9-10H,4,7-8,11H2,1-2H3,(H,20,24)(H,21,25). The maximum Gasteiger partial charge on any atom is 0.253 e. The van der Waals surface area contributed by atoms with Crippen LogP contribution in [0, 0.1) is 13.8 Å². The summed E-state index contributed by atoms with van der Waals surface area (Å²) in [5.41, 5.74) is 3.20. The van der Waals surface area contributed by atoms with Gasteiger partial charge in [0.25, 0.3) is 11.5 Å². The molecular weight excluding hydrogens is 318 g/mol. The van der Waals surface area contributed by atoms with E-state index in [0.717, 1.165) is 23.4 Å². The van der Waals surface area contributed by atoms with E-state index in [1.165, 1.54) is 0 Å². The number of H-pyrrole nitrogens is 1. The monoisotopic (exact) mass is 339 g/mol. The highest BCUT2D eigenvalue weighted by Gasteiger charge is 2.22. The van der Waals surface area contributed by atoms with E-state index in [9.17, 15) is 14.4 Å². The number of nitrogens with zero attached hydrogens (tertiary/aromatic N) is 1. The molecule has 1 aromatic carbocycles. The van der Waals surface area contributed by atoms with Crippen molar-refractivity contribution in [3.05, 3.63) is 63.1 Å². The van der Waals surface area contributed by atoms with Crippen LogP contribution in [0.3, 0.4) is 0 Å². The van der Waals surface area contributed by atoms with E-state index < -0.39 is 0 Å². The predicted molar refractivity (Wildman–Crippen MR) is 95.7 cm³/mol. The second-order valence-electron chi connectivity index (χ2n) is 6.32. The lowest BCUT2D eigenvalue weighted by Gasteiger charge is -2.16. The quantitative estimate of drug-likeness (QED) is 0.894. The van der Waals surface area contributed by atoms with Crippen LogP contribution in [-0.2, 0) is 11.3 Å². The van der Waals surface area contributed by atoms with Crippen molar-refractivity contribution in [2.24, 2.45) is 0 Å². The molecule has 0 spiro atoms. The maximum absolute atomic E-state index is 12.4. The maximum atomic E-state index is 12.4. The number of rotatable bonds is 4. The van der Waals surface area contributed by atoms with Crippen molar-refractivity contribution in [2.75, 3.05) is 11.4 Å². The van der Waals surface area contributed by atoms with Gasteiger partial charge in [0.2, 0.25) is 5.91 Å². The van der Waals surface area contributed by atoms with Crippen molar-refractivity contribution < 1.29 is 9.59 Å². The molecule has 25 heavy (non-hydrogen) atoms. The molecule has 2 heterocycles. The van der Waals surface area contributed by atoms with Crippen LogP contribution < -0.4 is 15.8 Å². The van der Waals surface area contributed by atoms with Gasteiger partial charge in [-0.05, 0) is 50.1 Å². The van der Waals surface area contributed by atoms with Crippen molar-refractivity contribution in [1.29, 1.82) is 0 Å². The Bertz CT molecular complexity index is 886. The van der Waals surface area contributed by atoms with Crippen LogP contribution >= 0.6 is 0 Å². The molecule has 1 fully saturated rings. The molecule has 0 atom stereocenters. The van der Waals surface area contributed by atoms with Gasteiger partial charge in [0.15, 0.2) is 0 Å². The van der Waals surface area contributed by atoms with E-state index >= 15 is 0 Å². The third kappa shape index (κ3) is 3.63. The molecule has 6 nitrogen and oxygen atoms in total. The molecule has 130 valence electrons. The number of amides is 2. The van der Waals surface area contributed by atoms with Crippen LogP contribution in [0.2, 0.25) is 0 Å². The number of hydrogen-bond acceptors (Lipinski definition) is 3. The van der Waals surface area contributed by atoms with Gasteiger partial charge in [0.1, 0.15) is 0 Å². The second kappa shape index (κ2) is 6.93. The Morgan fingerprint density at radius 2 is 2.04 bits per heavy atom. The summed E-state index contributed by atoms with van der Waals surface area (Å²) in [7, 11) is 0. The molecule has 6 heteroatoms. The van der Waals surface area contributed by atoms with Gasteiger partial charge in [-0.1, -0.05) is 6.07 Å². The molecule has 0 radical (unpaired) electrons. The van der Waals surface area contributed by atoms with Crippen molar-refractivity contribution in [3.63, 3.8) is 0 Å². The highest BCUT2D eigenvalue weighted by atomic mass is 16.2. The highest BCUT2D eigenvalue weighted by molar-refractivity contribution is 5.99. The van der Waals surface area contributed by atoms with E-state index in [4.69, 9.17) is 0 Å². The number of aromatic nitrogens is 1. The van der Waals surface area contributed by atoms with Crippen LogP contribution in [0.4, 0.5) is 5.69 Å². The summed E-state index contributed by atoms with van der Waals surface area (Å²) in [4.78, 5) is 40.8. The molecule has 0 aliphatic carbocycles. The van der Waals surface area contributed by atoms with Gasteiger partial charge in [-0.3, -0.25) is 14.4 Å². The van der Waals surface area contributed by atoms with Crippen LogP contribution in [0.1, 0.15) is 40.0 Å². The minimum atomic E-state index is -0.270. The van der Waals surface area contributed by atoms with Gasteiger partial charge in [-0.25, -0.2) is 0 Å². The molecule has 1 aromatic heterocycles. The highest BCUT2D eigenvalue weighted by Crippen LogP contribution is 2.22. The zero-order valence-corrected chi connectivity index (χ0v) is 14.4. The molecule has 1 saturated heterocycles. The number of anilines is 1. The molecule has 2 aromatic rings. The lowest BCUT2D eigenvalue weighted by Crippen LogP contribution is -2.28. The first-order chi connectivity index (χ1) is 12.0. The minimum absolute atomic E-state index is 0.0828. The Morgan fingerprint density at radius 3 is 2.72 bits per heavy atom. The van der Waals surface area contributed by atoms with Gasteiger partial charge in [-0.2, -0.15) is 0 Å². The smallest absolute Gasteiger partial charge is 0.253 e. The second-order valence-corrected chi connectivity index (χ2v) is 6.32. The van der Waals surface area contributed by atoms with Crippen molar-refractivity contribution >= 4 is 17.5 Å². The summed E-state index contributed by atoms with van der Waals surface area (Å²) < 4.78 is 0. The summed E-state index contributed by atoms with van der Waals surface area (Å²) in [6.45, 7) is 4.51. The number of benzene rings is 1. The molecule has 2 N–H and O–H groups in total. The minimum Gasteiger partial charge on any atom is -0.348 e. The Morgan fingerprint density at radius 1 is 1.24 bits per heavy atom. The Hall–Kier alpha value is -2.89. The zero-order chi connectivity index (χ0) is 18.0. The first-order valence-electron chi connectivity index (χ1n) is 8.34. The van der Waals surface area contributed by atoms with Crippen molar-refractivity contribution in [3.8, 4) is 0 Å². The number of aromatic amines is 1. The molecule has 1 aliphatic rings. The fraction of sp³-hybridized carbons (Fsp3) is 0.316. The van der Waals surface area contributed by atoms with Gasteiger partial charge < -0.3 is 15.2 Å². The normalized spacial score (nSPS) is 14.0. The zero-order valence-electron chi connectivity index (χ0n) is 14.4. The summed E-state index contributed by atoms with van der Waals surface area (Å²) >= 11 is 0. The van der Waals surface area contributed by atoms with E-state index in [0.29, 0.717) is 24.1 Å². The Labute approximate surface area is 145 Å². The molecule has 1 aliphatic heterocycles. The summed E-state index contributed by atoms with van der Waals surface area (Å²) in [6, 6.07) is 8.88. The molecular formula is C19H21N3O3. The SMILES string of the molecule is Cc1cc(C)c(CNC(=O)c2cccc(N3CCCC3=O)c2)c(=O)[nH]1. The molecule has 0 bridgehead atoms. The molecule has 2 amide bonds. The van der Waals surface area contributed by atoms with Crippen molar-refractivity contribution in [1.82, 2.24) is 10.3 Å². The Kier molecular flexibility index (Phi) is 4.70. The molecule has 0 saturated carbocycles. The third-order valence-electron chi connectivity index (χ3n) is 4.41. The van der Waals surface area contributed by atoms with E-state index in [2.05, 4.69) is 10.3 Å². The average Bonchev–Trinajstić information content (AvgIpc) is 3.00. The summed E-state index contributed by atoms with van der Waals surface area (Å²) in [6.07, 6.45) is 1.39. The molecule has 3 rings (SSSR count). The first kappa shape index (κ1) is 17.0. The van der Waals surface area contributed by atoms with E-state index in [1.54, 1.807) is 23.1 Å². The fourth-order valence-corrected chi connectivity index (χ4v) is 3.11. The number of nitrogens with one attached hydrogen (secondary N) is 2. The summed E-state index contributed by atoms with van der Waals surface area (Å²) in [5.74, 6) is -0.188. The van der Waals surface area contributed by atoms with Crippen LogP contribution in [0.15, 0.2) is 35.1 Å². The summed E-state index contributed by atoms with van der Waals surface area (Å²) in [5, 5.41) is 2.78. The topological polar surface area (TPSA) is 82.3 Å². The van der Waals surface area contributed by atoms with Crippen LogP contribution in [0.25, 0.3) is 0 Å². The fourth-order valence-electron chi connectivity index (χ4n) is 3.11. The average molecular weight is 339 g/mol. The number of pyridine rings is 1.